The van der Waals surface area contributed by atoms with Gasteiger partial charge in [0.05, 0.1) is 17.2 Å². The summed E-state index contributed by atoms with van der Waals surface area (Å²) in [5, 5.41) is 4.96. The van der Waals surface area contributed by atoms with Gasteiger partial charge in [-0.1, -0.05) is 0 Å². The number of nitrogens with zero attached hydrogens (tertiary/aromatic N) is 2. The molecule has 68 valence electrons. The van der Waals surface area contributed by atoms with Crippen LogP contribution in [0.3, 0.4) is 0 Å². The van der Waals surface area contributed by atoms with E-state index >= 15 is 0 Å². The zero-order valence-corrected chi connectivity index (χ0v) is 12.9. The minimum absolute atomic E-state index is 0. The maximum Gasteiger partial charge on any atom is 1.00 e. The first-order valence-corrected chi connectivity index (χ1v) is 3.54. The third-order valence-corrected chi connectivity index (χ3v) is 1.24. The van der Waals surface area contributed by atoms with E-state index in [1.54, 1.807) is 12.1 Å². The molecule has 0 aliphatic rings. The Kier molecular flexibility index (Phi) is 10.8. The predicted octanol–water partition coefficient (Wildman–Crippen LogP) is -4.86. The molecule has 0 aromatic carbocycles. The van der Waals surface area contributed by atoms with E-state index in [0.29, 0.717) is 11.5 Å². The maximum absolute atomic E-state index is 10.6. The van der Waals surface area contributed by atoms with Gasteiger partial charge in [0.25, 0.3) is 0 Å². The molecule has 0 saturated heterocycles. The van der Waals surface area contributed by atoms with Crippen molar-refractivity contribution in [2.24, 2.45) is 5.29 Å². The second kappa shape index (κ2) is 9.26. The first-order chi connectivity index (χ1) is 6.22. The van der Waals surface area contributed by atoms with Crippen LogP contribution in [0.5, 0.6) is 0 Å². The van der Waals surface area contributed by atoms with Crippen molar-refractivity contribution >= 4 is 17.4 Å². The summed E-state index contributed by atoms with van der Waals surface area (Å²) in [7, 11) is 0. The minimum Gasteiger partial charge on any atom is -0.311 e. The van der Waals surface area contributed by atoms with Crippen LogP contribution in [0.1, 0.15) is 6.92 Å². The maximum atomic E-state index is 10.6. The molecule has 0 atom stereocenters. The Morgan fingerprint density at radius 3 is 2.47 bits per heavy atom. The molecule has 15 heavy (non-hydrogen) atoms. The molecule has 8 heteroatoms. The van der Waals surface area contributed by atoms with Crippen molar-refractivity contribution in [1.29, 1.82) is 0 Å². The Bertz CT molecular complexity index is 317. The average molecular weight is 226 g/mol. The second-order valence-electron chi connectivity index (χ2n) is 2.32. The van der Waals surface area contributed by atoms with E-state index in [9.17, 15) is 9.70 Å². The molecule has 0 fully saturated rings. The first-order valence-electron chi connectivity index (χ1n) is 3.54. The Labute approximate surface area is 131 Å². The topological polar surface area (TPSA) is 83.5 Å². The largest absolute Gasteiger partial charge is 1.00 e. The third-order valence-electron chi connectivity index (χ3n) is 1.24. The van der Waals surface area contributed by atoms with Gasteiger partial charge < -0.3 is 5.32 Å². The number of pyridine rings is 1. The SMILES string of the molecule is CC(=O)Nc1ccc(NN=O)cn1.[Na+].[Na+]. The third kappa shape index (κ3) is 6.99. The van der Waals surface area contributed by atoms with Crippen LogP contribution in [0.25, 0.3) is 0 Å². The summed E-state index contributed by atoms with van der Waals surface area (Å²) < 4.78 is 0. The molecule has 1 aromatic rings. The number of anilines is 2. The summed E-state index contributed by atoms with van der Waals surface area (Å²) >= 11 is 0. The van der Waals surface area contributed by atoms with E-state index < -0.39 is 0 Å². The van der Waals surface area contributed by atoms with Gasteiger partial charge in [-0.2, -0.15) is 0 Å². The number of hydrogen-bond donors (Lipinski definition) is 2. The Morgan fingerprint density at radius 1 is 1.40 bits per heavy atom. The van der Waals surface area contributed by atoms with Gasteiger partial charge in [-0.25, -0.2) is 10.4 Å². The Hall–Kier alpha value is 0.0200. The first kappa shape index (κ1) is 17.4. The normalized spacial score (nSPS) is 7.80. The molecule has 2 N–H and O–H groups in total. The van der Waals surface area contributed by atoms with Gasteiger partial charge in [0.15, 0.2) is 0 Å². The van der Waals surface area contributed by atoms with E-state index in [1.807, 2.05) is 0 Å². The number of rotatable bonds is 3. The van der Waals surface area contributed by atoms with Crippen molar-refractivity contribution in [2.75, 3.05) is 10.7 Å². The van der Waals surface area contributed by atoms with Crippen LogP contribution >= 0.6 is 0 Å². The van der Waals surface area contributed by atoms with Crippen molar-refractivity contribution in [3.05, 3.63) is 23.2 Å². The van der Waals surface area contributed by atoms with Crippen molar-refractivity contribution < 1.29 is 63.9 Å². The monoisotopic (exact) mass is 226 g/mol. The Morgan fingerprint density at radius 2 is 2.07 bits per heavy atom. The van der Waals surface area contributed by atoms with Crippen LogP contribution < -0.4 is 69.9 Å². The number of carbonyl (C=O) groups excluding carboxylic acids is 1. The molecule has 0 saturated carbocycles. The van der Waals surface area contributed by atoms with Crippen LogP contribution in [0, 0.1) is 4.91 Å². The fourth-order valence-electron chi connectivity index (χ4n) is 0.767. The van der Waals surface area contributed by atoms with Gasteiger partial charge in [-0.15, -0.1) is 4.91 Å². The van der Waals surface area contributed by atoms with Gasteiger partial charge in [0.1, 0.15) is 5.82 Å². The molecule has 1 heterocycles. The molecule has 0 bridgehead atoms. The molecule has 1 aromatic heterocycles. The van der Waals surface area contributed by atoms with E-state index in [0.717, 1.165) is 0 Å². The number of carbonyl (C=O) groups is 1. The average Bonchev–Trinajstić information content (AvgIpc) is 2.08. The van der Waals surface area contributed by atoms with Crippen LogP contribution in [0.2, 0.25) is 0 Å². The van der Waals surface area contributed by atoms with Crippen molar-refractivity contribution in [2.45, 2.75) is 6.92 Å². The van der Waals surface area contributed by atoms with E-state index in [2.05, 4.69) is 21.0 Å². The van der Waals surface area contributed by atoms with Crippen LogP contribution in [-0.4, -0.2) is 10.9 Å². The second-order valence-corrected chi connectivity index (χ2v) is 2.32. The molecule has 0 aliphatic heterocycles. The molecule has 0 unspecified atom stereocenters. The molecular weight excluding hydrogens is 218 g/mol. The zero-order valence-electron chi connectivity index (χ0n) is 8.94. The van der Waals surface area contributed by atoms with E-state index in [4.69, 9.17) is 0 Å². The zero-order chi connectivity index (χ0) is 9.68. The molecule has 0 radical (unpaired) electrons. The predicted molar refractivity (Wildman–Crippen MR) is 48.0 cm³/mol. The van der Waals surface area contributed by atoms with Gasteiger partial charge >= 0.3 is 59.1 Å². The molecule has 6 nitrogen and oxygen atoms in total. The number of amides is 1. The van der Waals surface area contributed by atoms with Gasteiger partial charge in [0, 0.05) is 6.92 Å². The van der Waals surface area contributed by atoms with Crippen LogP contribution in [-0.2, 0) is 4.79 Å². The van der Waals surface area contributed by atoms with Crippen molar-refractivity contribution in [3.8, 4) is 0 Å². The summed E-state index contributed by atoms with van der Waals surface area (Å²) in [6.45, 7) is 1.39. The van der Waals surface area contributed by atoms with Crippen molar-refractivity contribution in [1.82, 2.24) is 4.98 Å². The van der Waals surface area contributed by atoms with Crippen LogP contribution in [0.15, 0.2) is 23.6 Å². The van der Waals surface area contributed by atoms with E-state index in [1.165, 1.54) is 13.1 Å². The quantitative estimate of drug-likeness (QED) is 0.307. The van der Waals surface area contributed by atoms with Gasteiger partial charge in [0.2, 0.25) is 5.91 Å². The number of nitroso groups, excluding NO2 is 1. The fourth-order valence-corrected chi connectivity index (χ4v) is 0.767. The summed E-state index contributed by atoms with van der Waals surface area (Å²) in [4.78, 5) is 24.2. The molecule has 0 aliphatic carbocycles. The van der Waals surface area contributed by atoms with Crippen LogP contribution in [0.4, 0.5) is 11.5 Å². The fraction of sp³-hybridized carbons (Fsp3) is 0.143. The minimum atomic E-state index is -0.193. The van der Waals surface area contributed by atoms with Gasteiger partial charge in [-0.3, -0.25) is 4.79 Å². The standard InChI is InChI=1S/C7H8N4O2.2Na/c1-5(12)9-7-3-2-6(4-8-7)10-11-13;;/h2-4H,1H3,(H,10,13)(H,8,9,12);;/q;2*+1. The summed E-state index contributed by atoms with van der Waals surface area (Å²) in [6, 6.07) is 3.15. The summed E-state index contributed by atoms with van der Waals surface area (Å²) in [5.74, 6) is 0.241. The molecule has 0 spiro atoms. The van der Waals surface area contributed by atoms with Crippen molar-refractivity contribution in [3.63, 3.8) is 0 Å². The number of aromatic nitrogens is 1. The summed E-state index contributed by atoms with van der Waals surface area (Å²) in [5.41, 5.74) is 2.66. The molecular formula is C7H8N4Na2O2+2. The number of hydrogen-bond acceptors (Lipinski definition) is 4. The summed E-state index contributed by atoms with van der Waals surface area (Å²) in [6.07, 6.45) is 1.40. The molecule has 1 amide bonds. The van der Waals surface area contributed by atoms with E-state index in [-0.39, 0.29) is 65.0 Å². The van der Waals surface area contributed by atoms with Gasteiger partial charge in [-0.05, 0) is 12.1 Å². The number of nitrogens with one attached hydrogen (secondary N) is 2. The smallest absolute Gasteiger partial charge is 0.311 e. The Balaban J connectivity index is 0. The molecule has 1 rings (SSSR count).